The predicted molar refractivity (Wildman–Crippen MR) is 429 cm³/mol. The van der Waals surface area contributed by atoms with Gasteiger partial charge >= 0.3 is 12.4 Å². The van der Waals surface area contributed by atoms with Gasteiger partial charge in [0.2, 0.25) is 0 Å². The van der Waals surface area contributed by atoms with E-state index in [2.05, 4.69) is 295 Å². The molecule has 16 rings (SSSR count). The first-order valence-electron chi connectivity index (χ1n) is 36.5. The number of nitrogens with zero attached hydrogens (tertiary/aromatic N) is 4. The van der Waals surface area contributed by atoms with Crippen LogP contribution in [0.25, 0.3) is 47.7 Å². The number of hydrogen-bond acceptors (Lipinski definition) is 5. The van der Waals surface area contributed by atoms with Crippen LogP contribution in [-0.2, 0) is 44.8 Å². The van der Waals surface area contributed by atoms with Crippen molar-refractivity contribution in [1.82, 2.24) is 4.57 Å². The fourth-order valence-electron chi connectivity index (χ4n) is 16.5. The van der Waals surface area contributed by atoms with Crippen molar-refractivity contribution in [3.8, 4) is 17.2 Å². The summed E-state index contributed by atoms with van der Waals surface area (Å²) in [7, 11) is 0. The zero-order valence-electron chi connectivity index (χ0n) is 62.6. The molecule has 105 heavy (non-hydrogen) atoms. The lowest BCUT2D eigenvalue weighted by molar-refractivity contribution is -0.138. The van der Waals surface area contributed by atoms with Crippen molar-refractivity contribution in [1.29, 1.82) is 0 Å². The number of aromatic nitrogens is 1. The van der Waals surface area contributed by atoms with Gasteiger partial charge in [-0.05, 0) is 216 Å². The Hall–Kier alpha value is -9.72. The molecule has 4 heterocycles. The number of thiophene rings is 1. The van der Waals surface area contributed by atoms with Gasteiger partial charge in [-0.1, -0.05) is 190 Å². The standard InChI is InChI=1S/C92H87BF6N4OS/c1-85(2,3)54-21-31-60(32-22-54)100(61-33-23-55(24-34-61)86(4,5)6)65-40-42-72-75(50-65)102(64-39-41-70-71(49-64)90(15,16)46-45-89(70,13)14)77-51-66(103-73-43-29-58(91(94,95)96)47-68(73)69-48-59(92(97,98)99)30-44-74(69)103)52-78-82(77)93(72)83-79(104-78)53-76(81-67-19-17-18-20-80(67)105-84(81)83)101(62-35-25-56(26-36-62)87(7,8)9)63-37-27-57(28-38-63)88(10,11)12/h17-44,47-53H,45-46H2,1-16H3. The molecule has 532 valence electrons. The van der Waals surface area contributed by atoms with Crippen molar-refractivity contribution in [2.24, 2.45) is 0 Å². The summed E-state index contributed by atoms with van der Waals surface area (Å²) in [5.41, 5.74) is 16.6. The van der Waals surface area contributed by atoms with Crippen LogP contribution in [0.4, 0.5) is 77.5 Å². The molecule has 11 aromatic carbocycles. The van der Waals surface area contributed by atoms with Gasteiger partial charge in [0.05, 0.1) is 33.5 Å². The molecule has 0 radical (unpaired) electrons. The Morgan fingerprint density at radius 2 is 0.848 bits per heavy atom. The lowest BCUT2D eigenvalue weighted by Crippen LogP contribution is -2.59. The van der Waals surface area contributed by atoms with Crippen LogP contribution in [-0.4, -0.2) is 11.3 Å². The third-order valence-corrected chi connectivity index (χ3v) is 23.8. The number of anilines is 9. The SMILES string of the molecule is CC(C)(C)c1ccc(N(c2ccc(C(C)(C)C)cc2)c2ccc3c(c2)N(c2ccc4c(c2)C(C)(C)CCC4(C)C)c2cc(-n4c5ccc(C(F)(F)F)cc5c5cc(C(F)(F)F)ccc54)cc4c2B3c2c(cc(N(c3ccc(C(C)(C)C)cc3)c3ccc(C(C)(C)C)cc3)c3c2sc2ccccc23)O4)cc1. The minimum atomic E-state index is -4.79. The molecule has 0 saturated carbocycles. The van der Waals surface area contributed by atoms with Crippen molar-refractivity contribution < 1.29 is 31.1 Å². The fraction of sp³-hybridized carbons (Fsp3) is 0.283. The molecule has 2 aliphatic heterocycles. The molecule has 13 aromatic rings. The van der Waals surface area contributed by atoms with Crippen LogP contribution in [0.1, 0.15) is 168 Å². The third kappa shape index (κ3) is 11.9. The zero-order chi connectivity index (χ0) is 74.4. The van der Waals surface area contributed by atoms with E-state index in [4.69, 9.17) is 4.74 Å². The quantitative estimate of drug-likeness (QED) is 0.112. The second-order valence-electron chi connectivity index (χ2n) is 34.8. The van der Waals surface area contributed by atoms with E-state index in [9.17, 15) is 0 Å². The molecule has 5 nitrogen and oxygen atoms in total. The first-order chi connectivity index (χ1) is 49.3. The second kappa shape index (κ2) is 23.9. The predicted octanol–water partition coefficient (Wildman–Crippen LogP) is 26.1. The van der Waals surface area contributed by atoms with E-state index in [1.165, 1.54) is 45.5 Å². The third-order valence-electron chi connectivity index (χ3n) is 22.6. The van der Waals surface area contributed by atoms with Gasteiger partial charge in [0.1, 0.15) is 11.5 Å². The van der Waals surface area contributed by atoms with Gasteiger partial charge in [-0.15, -0.1) is 11.3 Å². The fourth-order valence-corrected chi connectivity index (χ4v) is 17.8. The van der Waals surface area contributed by atoms with Gasteiger partial charge in [0.25, 0.3) is 6.71 Å². The van der Waals surface area contributed by atoms with Crippen LogP contribution in [0, 0.1) is 0 Å². The number of ether oxygens (including phenoxy) is 1. The highest BCUT2D eigenvalue weighted by Crippen LogP contribution is 2.54. The Balaban J connectivity index is 1.04. The molecule has 1 aliphatic carbocycles. The molecule has 0 saturated heterocycles. The minimum Gasteiger partial charge on any atom is -0.458 e. The molecule has 0 N–H and O–H groups in total. The van der Waals surface area contributed by atoms with Crippen LogP contribution in [0.5, 0.6) is 11.5 Å². The van der Waals surface area contributed by atoms with E-state index >= 15 is 26.3 Å². The van der Waals surface area contributed by atoms with Crippen LogP contribution in [0.3, 0.4) is 0 Å². The van der Waals surface area contributed by atoms with E-state index in [-0.39, 0.29) is 43.3 Å². The van der Waals surface area contributed by atoms with Crippen molar-refractivity contribution in [2.75, 3.05) is 14.7 Å². The van der Waals surface area contributed by atoms with Gasteiger partial charge in [0.15, 0.2) is 0 Å². The lowest BCUT2D eigenvalue weighted by Gasteiger charge is -2.44. The summed E-state index contributed by atoms with van der Waals surface area (Å²) in [6.45, 7) is 35.5. The monoisotopic (exact) mass is 1420 g/mol. The second-order valence-corrected chi connectivity index (χ2v) is 35.8. The molecule has 0 bridgehead atoms. The topological polar surface area (TPSA) is 23.9 Å². The van der Waals surface area contributed by atoms with Crippen LogP contribution in [0.15, 0.2) is 212 Å². The number of rotatable bonds is 8. The van der Waals surface area contributed by atoms with E-state index in [1.54, 1.807) is 11.3 Å². The number of hydrogen-bond donors (Lipinski definition) is 0. The van der Waals surface area contributed by atoms with Crippen molar-refractivity contribution in [3.63, 3.8) is 0 Å². The van der Waals surface area contributed by atoms with Crippen molar-refractivity contribution in [3.05, 3.63) is 257 Å². The Labute approximate surface area is 616 Å². The van der Waals surface area contributed by atoms with E-state index in [1.807, 2.05) is 10.6 Å². The van der Waals surface area contributed by atoms with Gasteiger partial charge in [-0.2, -0.15) is 26.3 Å². The number of halogens is 6. The highest BCUT2D eigenvalue weighted by atomic mass is 32.1. The van der Waals surface area contributed by atoms with Crippen LogP contribution >= 0.6 is 11.3 Å². The molecule has 3 aliphatic rings. The number of fused-ring (bicyclic) bond motifs is 12. The van der Waals surface area contributed by atoms with Gasteiger partial charge in [0, 0.05) is 88.6 Å². The molecule has 2 aromatic heterocycles. The smallest absolute Gasteiger partial charge is 0.416 e. The van der Waals surface area contributed by atoms with Gasteiger partial charge < -0.3 is 24.0 Å². The summed E-state index contributed by atoms with van der Waals surface area (Å²) in [6.07, 6.45) is -7.61. The maximum Gasteiger partial charge on any atom is 0.416 e. The molecular formula is C92H87BF6N4OS. The summed E-state index contributed by atoms with van der Waals surface area (Å²) in [5.74, 6) is 1.11. The summed E-state index contributed by atoms with van der Waals surface area (Å²) in [4.78, 5) is 7.04. The van der Waals surface area contributed by atoms with E-state index in [0.717, 1.165) is 125 Å². The number of alkyl halides is 6. The Morgan fingerprint density at radius 3 is 1.33 bits per heavy atom. The summed E-state index contributed by atoms with van der Waals surface area (Å²) >= 11 is 1.75. The van der Waals surface area contributed by atoms with Crippen LogP contribution < -0.4 is 35.8 Å². The first-order valence-corrected chi connectivity index (χ1v) is 37.3. The Bertz CT molecular complexity index is 5470. The van der Waals surface area contributed by atoms with E-state index < -0.39 is 30.2 Å². The molecule has 0 spiro atoms. The maximum atomic E-state index is 15.0. The summed E-state index contributed by atoms with van der Waals surface area (Å²) in [6, 6.07) is 70.9. The first kappa shape index (κ1) is 69.6. The number of benzene rings is 11. The van der Waals surface area contributed by atoms with E-state index in [0.29, 0.717) is 28.2 Å². The summed E-state index contributed by atoms with van der Waals surface area (Å²) < 4.78 is 102. The largest absolute Gasteiger partial charge is 0.458 e. The van der Waals surface area contributed by atoms with Crippen molar-refractivity contribution >= 4 is 128 Å². The Kier molecular flexibility index (Phi) is 15.9. The van der Waals surface area contributed by atoms with Gasteiger partial charge in [-0.3, -0.25) is 0 Å². The molecule has 0 amide bonds. The molecular weight excluding hydrogens is 1330 g/mol. The zero-order valence-corrected chi connectivity index (χ0v) is 63.4. The lowest BCUT2D eigenvalue weighted by atomic mass is 9.34. The Morgan fingerprint density at radius 1 is 0.400 bits per heavy atom. The minimum absolute atomic E-state index is 0.0296. The highest BCUT2D eigenvalue weighted by molar-refractivity contribution is 7.28. The average Bonchev–Trinajstić information content (AvgIpc) is 1.67. The maximum absolute atomic E-state index is 15.0. The average molecular weight is 1420 g/mol. The molecule has 0 fully saturated rings. The molecule has 13 heteroatoms. The van der Waals surface area contributed by atoms with Gasteiger partial charge in [-0.25, -0.2) is 0 Å². The highest BCUT2D eigenvalue weighted by Gasteiger charge is 2.47. The molecule has 0 atom stereocenters. The normalized spacial score (nSPS) is 15.1. The summed E-state index contributed by atoms with van der Waals surface area (Å²) in [5, 5.41) is 2.21. The van der Waals surface area contributed by atoms with Crippen LogP contribution in [0.2, 0.25) is 0 Å². The van der Waals surface area contributed by atoms with Crippen molar-refractivity contribution in [2.45, 2.75) is 168 Å². The molecule has 0 unspecified atom stereocenters.